The van der Waals surface area contributed by atoms with Crippen LogP contribution in [0, 0.1) is 6.92 Å². The van der Waals surface area contributed by atoms with Crippen molar-refractivity contribution in [1.82, 2.24) is 0 Å². The van der Waals surface area contributed by atoms with Crippen LogP contribution in [-0.2, 0) is 6.42 Å². The van der Waals surface area contributed by atoms with Crippen LogP contribution in [-0.4, -0.2) is 27.9 Å². The summed E-state index contributed by atoms with van der Waals surface area (Å²) in [7, 11) is 4.87. The second kappa shape index (κ2) is 7.88. The van der Waals surface area contributed by atoms with E-state index >= 15 is 0 Å². The first-order valence-corrected chi connectivity index (χ1v) is 7.69. The predicted molar refractivity (Wildman–Crippen MR) is 92.8 cm³/mol. The number of ether oxygens (including phenoxy) is 3. The van der Waals surface area contributed by atoms with Crippen LogP contribution in [0.25, 0.3) is 0 Å². The number of nitrogens with two attached hydrogens (primary N) is 1. The second-order valence-corrected chi connectivity index (χ2v) is 5.49. The van der Waals surface area contributed by atoms with Gasteiger partial charge < -0.3 is 19.9 Å². The molecule has 2 rings (SSSR count). The highest BCUT2D eigenvalue weighted by Gasteiger charge is 2.22. The second-order valence-electron chi connectivity index (χ2n) is 5.49. The Morgan fingerprint density at radius 2 is 1.61 bits per heavy atom. The molecule has 0 aliphatic heterocycles. The average Bonchev–Trinajstić information content (AvgIpc) is 2.59. The zero-order valence-corrected chi connectivity index (χ0v) is 14.3. The van der Waals surface area contributed by atoms with E-state index in [1.54, 1.807) is 21.3 Å². The number of benzene rings is 2. The van der Waals surface area contributed by atoms with Crippen LogP contribution in [0.4, 0.5) is 0 Å². The Bertz CT molecular complexity index is 655. The first kappa shape index (κ1) is 17.2. The Balaban J connectivity index is 2.43. The fourth-order valence-electron chi connectivity index (χ4n) is 2.87. The third-order valence-electron chi connectivity index (χ3n) is 4.19. The molecule has 0 amide bonds. The lowest BCUT2D eigenvalue weighted by Crippen LogP contribution is -2.17. The molecule has 0 fully saturated rings. The third-order valence-corrected chi connectivity index (χ3v) is 4.19. The van der Waals surface area contributed by atoms with Crippen molar-refractivity contribution in [3.8, 4) is 17.2 Å². The molecule has 124 valence electrons. The van der Waals surface area contributed by atoms with Gasteiger partial charge in [0.2, 0.25) is 5.75 Å². The third kappa shape index (κ3) is 3.59. The fourth-order valence-corrected chi connectivity index (χ4v) is 2.87. The average molecular weight is 315 g/mol. The lowest BCUT2D eigenvalue weighted by molar-refractivity contribution is 0.320. The molecule has 0 bridgehead atoms. The van der Waals surface area contributed by atoms with Crippen molar-refractivity contribution in [1.29, 1.82) is 0 Å². The Hall–Kier alpha value is -2.20. The molecule has 4 nitrogen and oxygen atoms in total. The highest BCUT2D eigenvalue weighted by atomic mass is 16.5. The molecule has 0 aliphatic rings. The molecule has 1 atom stereocenters. The molecule has 0 radical (unpaired) electrons. The van der Waals surface area contributed by atoms with Gasteiger partial charge in [0.25, 0.3) is 0 Å². The summed E-state index contributed by atoms with van der Waals surface area (Å²) in [6, 6.07) is 12.3. The van der Waals surface area contributed by atoms with Crippen molar-refractivity contribution in [3.05, 3.63) is 53.1 Å². The monoisotopic (exact) mass is 315 g/mol. The smallest absolute Gasteiger partial charge is 0.203 e. The Labute approximate surface area is 138 Å². The van der Waals surface area contributed by atoms with Crippen LogP contribution in [0.1, 0.15) is 22.6 Å². The summed E-state index contributed by atoms with van der Waals surface area (Å²) in [6.07, 6.45) is 0.856. The van der Waals surface area contributed by atoms with Gasteiger partial charge in [-0.3, -0.25) is 0 Å². The van der Waals surface area contributed by atoms with E-state index in [0.717, 1.165) is 12.0 Å². The van der Waals surface area contributed by atoms with E-state index in [1.807, 2.05) is 18.2 Å². The molecule has 2 N–H and O–H groups in total. The van der Waals surface area contributed by atoms with Crippen molar-refractivity contribution in [2.24, 2.45) is 5.73 Å². The van der Waals surface area contributed by atoms with E-state index in [1.165, 1.54) is 11.1 Å². The number of hydrogen-bond donors (Lipinski definition) is 1. The van der Waals surface area contributed by atoms with E-state index in [0.29, 0.717) is 23.8 Å². The van der Waals surface area contributed by atoms with Gasteiger partial charge in [-0.1, -0.05) is 30.3 Å². The van der Waals surface area contributed by atoms with Gasteiger partial charge in [-0.2, -0.15) is 0 Å². The molecule has 2 aromatic rings. The first-order valence-electron chi connectivity index (χ1n) is 7.69. The zero-order valence-electron chi connectivity index (χ0n) is 14.3. The van der Waals surface area contributed by atoms with Crippen molar-refractivity contribution in [2.45, 2.75) is 19.3 Å². The molecular formula is C19H25NO3. The quantitative estimate of drug-likeness (QED) is 0.852. The minimum absolute atomic E-state index is 0.144. The maximum Gasteiger partial charge on any atom is 0.203 e. The van der Waals surface area contributed by atoms with Gasteiger partial charge in [0.1, 0.15) is 0 Å². The lowest BCUT2D eigenvalue weighted by atomic mass is 9.89. The van der Waals surface area contributed by atoms with E-state index in [2.05, 4.69) is 25.1 Å². The van der Waals surface area contributed by atoms with Gasteiger partial charge in [0.15, 0.2) is 11.5 Å². The molecule has 2 aromatic carbocycles. The number of rotatable bonds is 7. The first-order chi connectivity index (χ1) is 11.2. The van der Waals surface area contributed by atoms with Gasteiger partial charge >= 0.3 is 0 Å². The SMILES string of the molecule is COc1ccc(C(CN)Cc2ccccc2C)c(OC)c1OC. The molecule has 0 saturated carbocycles. The van der Waals surface area contributed by atoms with Crippen LogP contribution in [0.3, 0.4) is 0 Å². The number of aryl methyl sites for hydroxylation is 1. The molecule has 0 heterocycles. The maximum absolute atomic E-state index is 6.06. The van der Waals surface area contributed by atoms with Crippen LogP contribution in [0.2, 0.25) is 0 Å². The van der Waals surface area contributed by atoms with Crippen LogP contribution in [0.15, 0.2) is 36.4 Å². The van der Waals surface area contributed by atoms with Gasteiger partial charge in [0.05, 0.1) is 21.3 Å². The molecule has 4 heteroatoms. The van der Waals surface area contributed by atoms with Gasteiger partial charge in [-0.25, -0.2) is 0 Å². The summed E-state index contributed by atoms with van der Waals surface area (Å²) in [5, 5.41) is 0. The molecule has 0 spiro atoms. The largest absolute Gasteiger partial charge is 0.493 e. The summed E-state index contributed by atoms with van der Waals surface area (Å²) in [5.74, 6) is 2.09. The van der Waals surface area contributed by atoms with Gasteiger partial charge in [0, 0.05) is 11.5 Å². The summed E-state index contributed by atoms with van der Waals surface area (Å²) >= 11 is 0. The molecule has 0 saturated heterocycles. The highest BCUT2D eigenvalue weighted by Crippen LogP contribution is 2.43. The fraction of sp³-hybridized carbons (Fsp3) is 0.368. The Morgan fingerprint density at radius 3 is 2.17 bits per heavy atom. The molecular weight excluding hydrogens is 290 g/mol. The van der Waals surface area contributed by atoms with E-state index in [-0.39, 0.29) is 5.92 Å². The van der Waals surface area contributed by atoms with Crippen LogP contribution < -0.4 is 19.9 Å². The predicted octanol–water partition coefficient (Wildman–Crippen LogP) is 3.31. The maximum atomic E-state index is 6.06. The van der Waals surface area contributed by atoms with Gasteiger partial charge in [-0.15, -0.1) is 0 Å². The zero-order chi connectivity index (χ0) is 16.8. The Morgan fingerprint density at radius 1 is 0.913 bits per heavy atom. The van der Waals surface area contributed by atoms with E-state index < -0.39 is 0 Å². The summed E-state index contributed by atoms with van der Waals surface area (Å²) in [4.78, 5) is 0. The summed E-state index contributed by atoms with van der Waals surface area (Å²) in [6.45, 7) is 2.65. The van der Waals surface area contributed by atoms with Crippen LogP contribution in [0.5, 0.6) is 17.2 Å². The summed E-state index contributed by atoms with van der Waals surface area (Å²) < 4.78 is 16.4. The number of hydrogen-bond acceptors (Lipinski definition) is 4. The lowest BCUT2D eigenvalue weighted by Gasteiger charge is -2.22. The minimum atomic E-state index is 0.144. The topological polar surface area (TPSA) is 53.7 Å². The normalized spacial score (nSPS) is 11.9. The van der Waals surface area contributed by atoms with E-state index in [4.69, 9.17) is 19.9 Å². The van der Waals surface area contributed by atoms with Crippen molar-refractivity contribution < 1.29 is 14.2 Å². The molecule has 0 aliphatic carbocycles. The van der Waals surface area contributed by atoms with Gasteiger partial charge in [-0.05, 0) is 37.1 Å². The highest BCUT2D eigenvalue weighted by molar-refractivity contribution is 5.57. The van der Waals surface area contributed by atoms with E-state index in [9.17, 15) is 0 Å². The van der Waals surface area contributed by atoms with Crippen LogP contribution >= 0.6 is 0 Å². The standard InChI is InChI=1S/C19H25NO3/c1-13-7-5-6-8-14(13)11-15(12-20)16-9-10-17(21-2)19(23-4)18(16)22-3/h5-10,15H,11-12,20H2,1-4H3. The Kier molecular flexibility index (Phi) is 5.88. The summed E-state index contributed by atoms with van der Waals surface area (Å²) in [5.41, 5.74) is 9.66. The van der Waals surface area contributed by atoms with Crippen molar-refractivity contribution in [2.75, 3.05) is 27.9 Å². The molecule has 1 unspecified atom stereocenters. The van der Waals surface area contributed by atoms with Crippen molar-refractivity contribution >= 4 is 0 Å². The molecule has 23 heavy (non-hydrogen) atoms. The van der Waals surface area contributed by atoms with Crippen molar-refractivity contribution in [3.63, 3.8) is 0 Å². The molecule has 0 aromatic heterocycles. The number of methoxy groups -OCH3 is 3. The minimum Gasteiger partial charge on any atom is -0.493 e.